The Bertz CT molecular complexity index is 486. The zero-order valence-corrected chi connectivity index (χ0v) is 14.0. The second-order valence-corrected chi connectivity index (χ2v) is 7.09. The quantitative estimate of drug-likeness (QED) is 0.781. The molecule has 22 heavy (non-hydrogen) atoms. The molecular formula is C17H25NO3S. The second-order valence-electron chi connectivity index (χ2n) is 6.05. The van der Waals surface area contributed by atoms with Crippen molar-refractivity contribution < 1.29 is 14.7 Å². The van der Waals surface area contributed by atoms with Crippen molar-refractivity contribution in [1.82, 2.24) is 4.90 Å². The fourth-order valence-electron chi connectivity index (χ4n) is 3.18. The molecule has 1 aromatic heterocycles. The van der Waals surface area contributed by atoms with E-state index in [1.165, 1.54) is 4.88 Å². The molecule has 0 spiro atoms. The molecule has 1 aliphatic rings. The molecule has 1 aliphatic heterocycles. The predicted molar refractivity (Wildman–Crippen MR) is 88.0 cm³/mol. The Hall–Kier alpha value is -1.36. The number of carboxylic acid groups (broad SMARTS) is 1. The predicted octanol–water partition coefficient (Wildman–Crippen LogP) is 3.56. The van der Waals surface area contributed by atoms with Gasteiger partial charge in [-0.05, 0) is 50.5 Å². The zero-order chi connectivity index (χ0) is 15.9. The van der Waals surface area contributed by atoms with E-state index in [4.69, 9.17) is 0 Å². The van der Waals surface area contributed by atoms with Gasteiger partial charge >= 0.3 is 5.97 Å². The fourth-order valence-corrected chi connectivity index (χ4v) is 3.93. The van der Waals surface area contributed by atoms with E-state index in [9.17, 15) is 14.7 Å². The van der Waals surface area contributed by atoms with Crippen molar-refractivity contribution in [1.29, 1.82) is 0 Å². The number of piperidine rings is 1. The molecule has 0 aliphatic carbocycles. The first-order chi connectivity index (χ1) is 10.6. The molecule has 0 saturated carbocycles. The lowest BCUT2D eigenvalue weighted by Crippen LogP contribution is -2.49. The molecule has 0 radical (unpaired) electrons. The van der Waals surface area contributed by atoms with E-state index in [0.29, 0.717) is 19.4 Å². The zero-order valence-electron chi connectivity index (χ0n) is 13.2. The SMILES string of the molecule is C[C@@H]1[C@H](C(=O)O)CCCN1C(=O)CCCCCc1cccs1. The number of aryl methyl sites for hydroxylation is 1. The lowest BCUT2D eigenvalue weighted by atomic mass is 9.90. The molecule has 1 saturated heterocycles. The van der Waals surface area contributed by atoms with E-state index in [1.54, 1.807) is 16.2 Å². The number of unbranched alkanes of at least 4 members (excludes halogenated alkanes) is 2. The van der Waals surface area contributed by atoms with Gasteiger partial charge < -0.3 is 10.0 Å². The first kappa shape index (κ1) is 17.0. The largest absolute Gasteiger partial charge is 0.481 e. The molecule has 1 fully saturated rings. The summed E-state index contributed by atoms with van der Waals surface area (Å²) in [5, 5.41) is 11.3. The van der Waals surface area contributed by atoms with Gasteiger partial charge in [-0.1, -0.05) is 12.5 Å². The van der Waals surface area contributed by atoms with Gasteiger partial charge in [0.05, 0.1) is 5.92 Å². The summed E-state index contributed by atoms with van der Waals surface area (Å²) in [6.07, 6.45) is 6.17. The topological polar surface area (TPSA) is 57.6 Å². The van der Waals surface area contributed by atoms with Gasteiger partial charge in [0, 0.05) is 23.9 Å². The fraction of sp³-hybridized carbons (Fsp3) is 0.647. The van der Waals surface area contributed by atoms with Crippen LogP contribution in [-0.4, -0.2) is 34.5 Å². The van der Waals surface area contributed by atoms with E-state index in [2.05, 4.69) is 17.5 Å². The van der Waals surface area contributed by atoms with Gasteiger partial charge in [-0.2, -0.15) is 0 Å². The number of carbonyl (C=O) groups excluding carboxylic acids is 1. The molecule has 2 rings (SSSR count). The van der Waals surface area contributed by atoms with Crippen LogP contribution in [0.3, 0.4) is 0 Å². The van der Waals surface area contributed by atoms with Crippen LogP contribution in [0.1, 0.15) is 50.3 Å². The summed E-state index contributed by atoms with van der Waals surface area (Å²) >= 11 is 1.78. The normalized spacial score (nSPS) is 21.8. The molecule has 1 amide bonds. The summed E-state index contributed by atoms with van der Waals surface area (Å²) in [4.78, 5) is 26.7. The minimum Gasteiger partial charge on any atom is -0.481 e. The highest BCUT2D eigenvalue weighted by molar-refractivity contribution is 7.09. The Balaban J connectivity index is 1.69. The molecule has 0 aromatic carbocycles. The number of nitrogens with zero attached hydrogens (tertiary/aromatic N) is 1. The Labute approximate surface area is 136 Å². The smallest absolute Gasteiger partial charge is 0.308 e. The number of thiophene rings is 1. The average Bonchev–Trinajstić information content (AvgIpc) is 3.00. The summed E-state index contributed by atoms with van der Waals surface area (Å²) in [6.45, 7) is 2.58. The molecular weight excluding hydrogens is 298 g/mol. The van der Waals surface area contributed by atoms with E-state index in [1.807, 2.05) is 6.92 Å². The summed E-state index contributed by atoms with van der Waals surface area (Å²) in [5.74, 6) is -1.06. The summed E-state index contributed by atoms with van der Waals surface area (Å²) in [6, 6.07) is 4.04. The van der Waals surface area contributed by atoms with Gasteiger partial charge in [0.25, 0.3) is 0 Å². The standard InChI is InChI=1S/C17H25NO3S/c1-13-15(17(20)21)9-5-11-18(13)16(19)10-4-2-3-7-14-8-6-12-22-14/h6,8,12-13,15H,2-5,7,9-11H2,1H3,(H,20,21)/t13-,15-/m1/s1. The van der Waals surface area contributed by atoms with Crippen molar-refractivity contribution in [2.45, 2.75) is 57.9 Å². The number of rotatable bonds is 7. The van der Waals surface area contributed by atoms with Gasteiger partial charge in [-0.25, -0.2) is 0 Å². The maximum Gasteiger partial charge on any atom is 0.308 e. The molecule has 0 bridgehead atoms. The Kier molecular flexibility index (Phi) is 6.43. The molecule has 122 valence electrons. The average molecular weight is 323 g/mol. The number of carboxylic acids is 1. The van der Waals surface area contributed by atoms with Crippen molar-refractivity contribution in [2.24, 2.45) is 5.92 Å². The van der Waals surface area contributed by atoms with Crippen LogP contribution in [0.25, 0.3) is 0 Å². The third-order valence-electron chi connectivity index (χ3n) is 4.52. The molecule has 2 atom stereocenters. The highest BCUT2D eigenvalue weighted by Gasteiger charge is 2.34. The highest BCUT2D eigenvalue weighted by Crippen LogP contribution is 2.25. The van der Waals surface area contributed by atoms with Crippen molar-refractivity contribution >= 4 is 23.2 Å². The molecule has 5 heteroatoms. The summed E-state index contributed by atoms with van der Waals surface area (Å²) in [7, 11) is 0. The maximum atomic E-state index is 12.3. The van der Waals surface area contributed by atoms with Crippen LogP contribution in [0, 0.1) is 5.92 Å². The van der Waals surface area contributed by atoms with Crippen LogP contribution in [0.15, 0.2) is 17.5 Å². The summed E-state index contributed by atoms with van der Waals surface area (Å²) in [5.41, 5.74) is 0. The van der Waals surface area contributed by atoms with Crippen molar-refractivity contribution in [3.63, 3.8) is 0 Å². The number of amides is 1. The van der Waals surface area contributed by atoms with Crippen LogP contribution in [0.5, 0.6) is 0 Å². The molecule has 2 heterocycles. The number of carbonyl (C=O) groups is 2. The van der Waals surface area contributed by atoms with Gasteiger partial charge in [0.2, 0.25) is 5.91 Å². The van der Waals surface area contributed by atoms with E-state index >= 15 is 0 Å². The number of likely N-dealkylation sites (tertiary alicyclic amines) is 1. The van der Waals surface area contributed by atoms with Gasteiger partial charge in [-0.15, -0.1) is 11.3 Å². The first-order valence-corrected chi connectivity index (χ1v) is 9.02. The van der Waals surface area contributed by atoms with Gasteiger partial charge in [-0.3, -0.25) is 9.59 Å². The van der Waals surface area contributed by atoms with Crippen LogP contribution < -0.4 is 0 Å². The molecule has 1 N–H and O–H groups in total. The Morgan fingerprint density at radius 3 is 2.86 bits per heavy atom. The van der Waals surface area contributed by atoms with Crippen molar-refractivity contribution in [3.8, 4) is 0 Å². The first-order valence-electron chi connectivity index (χ1n) is 8.14. The Morgan fingerprint density at radius 1 is 1.36 bits per heavy atom. The number of hydrogen-bond acceptors (Lipinski definition) is 3. The third-order valence-corrected chi connectivity index (χ3v) is 5.46. The molecule has 1 aromatic rings. The minimum atomic E-state index is -0.777. The van der Waals surface area contributed by atoms with E-state index in [0.717, 1.165) is 32.1 Å². The van der Waals surface area contributed by atoms with Crippen LogP contribution >= 0.6 is 11.3 Å². The van der Waals surface area contributed by atoms with Crippen LogP contribution in [-0.2, 0) is 16.0 Å². The number of hydrogen-bond donors (Lipinski definition) is 1. The van der Waals surface area contributed by atoms with Crippen LogP contribution in [0.2, 0.25) is 0 Å². The van der Waals surface area contributed by atoms with Crippen molar-refractivity contribution in [2.75, 3.05) is 6.54 Å². The maximum absolute atomic E-state index is 12.3. The second kappa shape index (κ2) is 8.32. The van der Waals surface area contributed by atoms with E-state index in [-0.39, 0.29) is 11.9 Å². The third kappa shape index (κ3) is 4.57. The molecule has 0 unspecified atom stereocenters. The van der Waals surface area contributed by atoms with E-state index < -0.39 is 11.9 Å². The summed E-state index contributed by atoms with van der Waals surface area (Å²) < 4.78 is 0. The number of aliphatic carboxylic acids is 1. The van der Waals surface area contributed by atoms with Gasteiger partial charge in [0.15, 0.2) is 0 Å². The molecule has 4 nitrogen and oxygen atoms in total. The van der Waals surface area contributed by atoms with Gasteiger partial charge in [0.1, 0.15) is 0 Å². The lowest BCUT2D eigenvalue weighted by Gasteiger charge is -2.37. The highest BCUT2D eigenvalue weighted by atomic mass is 32.1. The lowest BCUT2D eigenvalue weighted by molar-refractivity contribution is -0.149. The minimum absolute atomic E-state index is 0.120. The van der Waals surface area contributed by atoms with Crippen LogP contribution in [0.4, 0.5) is 0 Å². The van der Waals surface area contributed by atoms with Crippen molar-refractivity contribution in [3.05, 3.63) is 22.4 Å². The monoisotopic (exact) mass is 323 g/mol. The Morgan fingerprint density at radius 2 is 2.18 bits per heavy atom.